The number of fused-ring (bicyclic) bond motifs is 1. The van der Waals surface area contributed by atoms with E-state index in [9.17, 15) is 4.79 Å². The van der Waals surface area contributed by atoms with Gasteiger partial charge in [0.25, 0.3) is 5.91 Å². The molecule has 1 aliphatic heterocycles. The van der Waals surface area contributed by atoms with E-state index in [2.05, 4.69) is 15.3 Å². The molecule has 2 aromatic rings. The van der Waals surface area contributed by atoms with Gasteiger partial charge in [-0.1, -0.05) is 6.07 Å². The van der Waals surface area contributed by atoms with Gasteiger partial charge in [0, 0.05) is 42.3 Å². The SMILES string of the molecule is Cn1nc(C(=O)NCc2cccs2)c2c1CCC(N1CCOCC1)C2. The first-order valence-electron chi connectivity index (χ1n) is 8.89. The molecule has 4 rings (SSSR count). The smallest absolute Gasteiger partial charge is 0.272 e. The lowest BCUT2D eigenvalue weighted by molar-refractivity contribution is 0.0135. The van der Waals surface area contributed by atoms with Crippen molar-refractivity contribution in [1.29, 1.82) is 0 Å². The van der Waals surface area contributed by atoms with Gasteiger partial charge in [-0.25, -0.2) is 0 Å². The number of amides is 1. The van der Waals surface area contributed by atoms with Crippen molar-refractivity contribution in [3.05, 3.63) is 39.3 Å². The van der Waals surface area contributed by atoms with Crippen LogP contribution in [0.5, 0.6) is 0 Å². The van der Waals surface area contributed by atoms with E-state index in [1.807, 2.05) is 29.2 Å². The van der Waals surface area contributed by atoms with Crippen molar-refractivity contribution in [2.45, 2.75) is 31.8 Å². The molecule has 134 valence electrons. The number of aryl methyl sites for hydroxylation is 1. The Morgan fingerprint density at radius 2 is 2.28 bits per heavy atom. The van der Waals surface area contributed by atoms with E-state index in [1.54, 1.807) is 11.3 Å². The lowest BCUT2D eigenvalue weighted by atomic mass is 9.90. The molecule has 7 heteroatoms. The number of nitrogens with zero attached hydrogens (tertiary/aromatic N) is 3. The van der Waals surface area contributed by atoms with Gasteiger partial charge in [-0.2, -0.15) is 5.10 Å². The molecule has 1 aliphatic carbocycles. The summed E-state index contributed by atoms with van der Waals surface area (Å²) in [6.45, 7) is 4.16. The molecule has 6 nitrogen and oxygen atoms in total. The molecule has 0 spiro atoms. The summed E-state index contributed by atoms with van der Waals surface area (Å²) in [4.78, 5) is 16.4. The third-order valence-corrected chi connectivity index (χ3v) is 6.09. The molecule has 0 aromatic carbocycles. The molecule has 0 radical (unpaired) electrons. The Labute approximate surface area is 151 Å². The van der Waals surface area contributed by atoms with Crippen molar-refractivity contribution in [3.63, 3.8) is 0 Å². The predicted molar refractivity (Wildman–Crippen MR) is 96.9 cm³/mol. The van der Waals surface area contributed by atoms with E-state index >= 15 is 0 Å². The third kappa shape index (κ3) is 3.49. The van der Waals surface area contributed by atoms with Crippen LogP contribution in [0.4, 0.5) is 0 Å². The standard InChI is InChI=1S/C18H24N4O2S/c1-21-16-5-4-13(22-6-8-24-9-7-22)11-15(16)17(20-21)18(23)19-12-14-3-2-10-25-14/h2-3,10,13H,4-9,11-12H2,1H3,(H,19,23). The third-order valence-electron chi connectivity index (χ3n) is 5.21. The second kappa shape index (κ2) is 7.27. The van der Waals surface area contributed by atoms with Crippen molar-refractivity contribution < 1.29 is 9.53 Å². The van der Waals surface area contributed by atoms with Gasteiger partial charge in [0.05, 0.1) is 19.8 Å². The average Bonchev–Trinajstić information content (AvgIpc) is 3.28. The normalized spacial score (nSPS) is 21.1. The molecular weight excluding hydrogens is 336 g/mol. The number of carbonyl (C=O) groups excluding carboxylic acids is 1. The second-order valence-corrected chi connectivity index (χ2v) is 7.74. The molecule has 1 N–H and O–H groups in total. The highest BCUT2D eigenvalue weighted by Crippen LogP contribution is 2.27. The van der Waals surface area contributed by atoms with E-state index in [0.29, 0.717) is 18.3 Å². The minimum absolute atomic E-state index is 0.0622. The fourth-order valence-electron chi connectivity index (χ4n) is 3.87. The van der Waals surface area contributed by atoms with Crippen LogP contribution in [-0.2, 0) is 31.2 Å². The highest BCUT2D eigenvalue weighted by Gasteiger charge is 2.31. The molecular formula is C18H24N4O2S. The Morgan fingerprint density at radius 3 is 3.04 bits per heavy atom. The highest BCUT2D eigenvalue weighted by atomic mass is 32.1. The Morgan fingerprint density at radius 1 is 1.44 bits per heavy atom. The van der Waals surface area contributed by atoms with Crippen molar-refractivity contribution in [2.24, 2.45) is 7.05 Å². The lowest BCUT2D eigenvalue weighted by Crippen LogP contribution is -2.46. The quantitative estimate of drug-likeness (QED) is 0.900. The van der Waals surface area contributed by atoms with Gasteiger partial charge in [-0.15, -0.1) is 11.3 Å². The van der Waals surface area contributed by atoms with Gasteiger partial charge in [0.1, 0.15) is 0 Å². The summed E-state index contributed by atoms with van der Waals surface area (Å²) in [6.07, 6.45) is 3.02. The maximum atomic E-state index is 12.7. The van der Waals surface area contributed by atoms with E-state index in [1.165, 1.54) is 5.69 Å². The van der Waals surface area contributed by atoms with Crippen LogP contribution in [0.15, 0.2) is 17.5 Å². The molecule has 2 aromatic heterocycles. The molecule has 0 saturated carbocycles. The number of carbonyl (C=O) groups is 1. The molecule has 1 atom stereocenters. The number of hydrogen-bond donors (Lipinski definition) is 1. The maximum Gasteiger partial charge on any atom is 0.272 e. The number of aromatic nitrogens is 2. The molecule has 3 heterocycles. The first kappa shape index (κ1) is 16.8. The Bertz CT molecular complexity index is 735. The van der Waals surface area contributed by atoms with Gasteiger partial charge in [-0.05, 0) is 30.7 Å². The van der Waals surface area contributed by atoms with Gasteiger partial charge < -0.3 is 10.1 Å². The first-order chi connectivity index (χ1) is 12.2. The van der Waals surface area contributed by atoms with Crippen molar-refractivity contribution >= 4 is 17.2 Å². The van der Waals surface area contributed by atoms with Gasteiger partial charge >= 0.3 is 0 Å². The van der Waals surface area contributed by atoms with Crippen LogP contribution < -0.4 is 5.32 Å². The van der Waals surface area contributed by atoms with Gasteiger partial charge in [0.2, 0.25) is 0 Å². The number of ether oxygens (including phenoxy) is 1. The summed E-state index contributed by atoms with van der Waals surface area (Å²) in [5.41, 5.74) is 2.95. The van der Waals surface area contributed by atoms with Crippen LogP contribution in [-0.4, -0.2) is 52.9 Å². The highest BCUT2D eigenvalue weighted by molar-refractivity contribution is 7.09. The minimum Gasteiger partial charge on any atom is -0.379 e. The fraction of sp³-hybridized carbons (Fsp3) is 0.556. The zero-order valence-corrected chi connectivity index (χ0v) is 15.3. The number of morpholine rings is 1. The van der Waals surface area contributed by atoms with Crippen molar-refractivity contribution in [2.75, 3.05) is 26.3 Å². The maximum absolute atomic E-state index is 12.7. The van der Waals surface area contributed by atoms with Gasteiger partial charge in [-0.3, -0.25) is 14.4 Å². The zero-order chi connectivity index (χ0) is 17.2. The van der Waals surface area contributed by atoms with Crippen molar-refractivity contribution in [1.82, 2.24) is 20.0 Å². The Balaban J connectivity index is 1.49. The van der Waals surface area contributed by atoms with Crippen molar-refractivity contribution in [3.8, 4) is 0 Å². The van der Waals surface area contributed by atoms with Crippen LogP contribution in [0.1, 0.15) is 33.0 Å². The van der Waals surface area contributed by atoms with E-state index in [-0.39, 0.29) is 5.91 Å². The Kier molecular flexibility index (Phi) is 4.87. The summed E-state index contributed by atoms with van der Waals surface area (Å²) in [6, 6.07) is 4.53. The average molecular weight is 360 g/mol. The number of hydrogen-bond acceptors (Lipinski definition) is 5. The molecule has 1 unspecified atom stereocenters. The molecule has 1 amide bonds. The summed E-state index contributed by atoms with van der Waals surface area (Å²) in [7, 11) is 1.95. The molecule has 2 aliphatic rings. The zero-order valence-electron chi connectivity index (χ0n) is 14.5. The molecule has 1 fully saturated rings. The molecule has 25 heavy (non-hydrogen) atoms. The summed E-state index contributed by atoms with van der Waals surface area (Å²) in [5, 5.41) is 9.58. The summed E-state index contributed by atoms with van der Waals surface area (Å²) < 4.78 is 7.37. The predicted octanol–water partition coefficient (Wildman–Crippen LogP) is 1.60. The first-order valence-corrected chi connectivity index (χ1v) is 9.77. The topological polar surface area (TPSA) is 59.4 Å². The second-order valence-electron chi connectivity index (χ2n) is 6.70. The Hall–Kier alpha value is -1.70. The minimum atomic E-state index is -0.0622. The molecule has 1 saturated heterocycles. The van der Waals surface area contributed by atoms with Crippen LogP contribution in [0.25, 0.3) is 0 Å². The van der Waals surface area contributed by atoms with Crippen LogP contribution in [0, 0.1) is 0 Å². The van der Waals surface area contributed by atoms with E-state index in [4.69, 9.17) is 4.74 Å². The van der Waals surface area contributed by atoms with Crippen LogP contribution >= 0.6 is 11.3 Å². The fourth-order valence-corrected chi connectivity index (χ4v) is 4.52. The van der Waals surface area contributed by atoms with E-state index in [0.717, 1.165) is 56.0 Å². The largest absolute Gasteiger partial charge is 0.379 e. The van der Waals surface area contributed by atoms with Gasteiger partial charge in [0.15, 0.2) is 5.69 Å². The summed E-state index contributed by atoms with van der Waals surface area (Å²) >= 11 is 1.65. The monoisotopic (exact) mass is 360 g/mol. The summed E-state index contributed by atoms with van der Waals surface area (Å²) in [5.74, 6) is -0.0622. The number of nitrogens with one attached hydrogen (secondary N) is 1. The van der Waals surface area contributed by atoms with E-state index < -0.39 is 0 Å². The number of thiophene rings is 1. The molecule has 0 bridgehead atoms. The number of rotatable bonds is 4. The lowest BCUT2D eigenvalue weighted by Gasteiger charge is -2.36. The van der Waals surface area contributed by atoms with Crippen LogP contribution in [0.2, 0.25) is 0 Å². The van der Waals surface area contributed by atoms with Crippen LogP contribution in [0.3, 0.4) is 0 Å².